The van der Waals surface area contributed by atoms with Crippen LogP contribution in [0.3, 0.4) is 0 Å². The Morgan fingerprint density at radius 1 is 1.13 bits per heavy atom. The number of hydrogen-bond donors (Lipinski definition) is 0. The Morgan fingerprint density at radius 2 is 1.87 bits per heavy atom. The normalized spacial score (nSPS) is 12.1. The smallest absolute Gasteiger partial charge is 0.290 e. The predicted octanol–water partition coefficient (Wildman–Crippen LogP) is 4.73. The third kappa shape index (κ3) is 3.86. The summed E-state index contributed by atoms with van der Waals surface area (Å²) in [4.78, 5) is 32.9. The van der Waals surface area contributed by atoms with E-state index >= 15 is 0 Å². The van der Waals surface area contributed by atoms with Crippen LogP contribution in [-0.4, -0.2) is 26.9 Å². The van der Waals surface area contributed by atoms with E-state index in [2.05, 4.69) is 0 Å². The Kier molecular flexibility index (Phi) is 5.66. The third-order valence-electron chi connectivity index (χ3n) is 5.18. The quantitative estimate of drug-likeness (QED) is 0.453. The summed E-state index contributed by atoms with van der Waals surface area (Å²) in [6, 6.07) is 15.4. The summed E-state index contributed by atoms with van der Waals surface area (Å²) in [5.41, 5.74) is 0.740. The number of aromatic nitrogens is 2. The first-order chi connectivity index (χ1) is 15.0. The molecule has 0 bridgehead atoms. The second kappa shape index (κ2) is 8.55. The zero-order valence-corrected chi connectivity index (χ0v) is 17.3. The standard InChI is InChI=1S/C24H22FN3O3/c1-3-14-27(24(30)21-9-6-15-31-21)16(2)22-26-20-8-5-4-7-19(20)23(29)28(22)18-12-10-17(25)11-13-18/h4-13,15-16H,3,14H2,1-2H3. The van der Waals surface area contributed by atoms with E-state index in [9.17, 15) is 14.0 Å². The van der Waals surface area contributed by atoms with Gasteiger partial charge in [0.2, 0.25) is 0 Å². The van der Waals surface area contributed by atoms with Crippen molar-refractivity contribution in [2.75, 3.05) is 6.54 Å². The number of carbonyl (C=O) groups excluding carboxylic acids is 1. The number of fused-ring (bicyclic) bond motifs is 1. The van der Waals surface area contributed by atoms with E-state index in [1.807, 2.05) is 19.9 Å². The van der Waals surface area contributed by atoms with E-state index in [0.29, 0.717) is 35.4 Å². The summed E-state index contributed by atoms with van der Waals surface area (Å²) in [7, 11) is 0. The molecule has 6 nitrogen and oxygen atoms in total. The Balaban J connectivity index is 1.92. The minimum atomic E-state index is -0.542. The highest BCUT2D eigenvalue weighted by Gasteiger charge is 2.28. The highest BCUT2D eigenvalue weighted by atomic mass is 19.1. The predicted molar refractivity (Wildman–Crippen MR) is 116 cm³/mol. The van der Waals surface area contributed by atoms with Gasteiger partial charge in [0.05, 0.1) is 28.9 Å². The van der Waals surface area contributed by atoms with Crippen LogP contribution in [0.1, 0.15) is 42.7 Å². The molecule has 0 spiro atoms. The van der Waals surface area contributed by atoms with E-state index in [1.165, 1.54) is 35.1 Å². The molecule has 4 rings (SSSR count). The van der Waals surface area contributed by atoms with Gasteiger partial charge in [0.25, 0.3) is 11.5 Å². The molecule has 0 saturated carbocycles. The van der Waals surface area contributed by atoms with Gasteiger partial charge < -0.3 is 9.32 Å². The monoisotopic (exact) mass is 419 g/mol. The van der Waals surface area contributed by atoms with E-state index < -0.39 is 11.9 Å². The number of hydrogen-bond acceptors (Lipinski definition) is 4. The second-order valence-electron chi connectivity index (χ2n) is 7.26. The van der Waals surface area contributed by atoms with Crippen LogP contribution in [0.5, 0.6) is 0 Å². The molecule has 1 atom stereocenters. The van der Waals surface area contributed by atoms with Crippen molar-refractivity contribution < 1.29 is 13.6 Å². The minimum Gasteiger partial charge on any atom is -0.459 e. The maximum Gasteiger partial charge on any atom is 0.290 e. The first-order valence-corrected chi connectivity index (χ1v) is 10.1. The Bertz CT molecular complexity index is 1260. The van der Waals surface area contributed by atoms with E-state index in [4.69, 9.17) is 9.40 Å². The lowest BCUT2D eigenvalue weighted by molar-refractivity contribution is 0.0648. The maximum absolute atomic E-state index is 13.5. The summed E-state index contributed by atoms with van der Waals surface area (Å²) in [6.45, 7) is 4.25. The van der Waals surface area contributed by atoms with Gasteiger partial charge in [-0.3, -0.25) is 14.2 Å². The zero-order chi connectivity index (χ0) is 22.0. The number of rotatable bonds is 6. The molecule has 0 N–H and O–H groups in total. The highest BCUT2D eigenvalue weighted by molar-refractivity contribution is 5.91. The molecule has 31 heavy (non-hydrogen) atoms. The molecule has 2 heterocycles. The molecule has 4 aromatic rings. The number of benzene rings is 2. The fourth-order valence-electron chi connectivity index (χ4n) is 3.66. The molecule has 0 aliphatic heterocycles. The maximum atomic E-state index is 13.5. The molecular weight excluding hydrogens is 397 g/mol. The van der Waals surface area contributed by atoms with E-state index in [-0.39, 0.29) is 17.2 Å². The Labute approximate surface area is 178 Å². The van der Waals surface area contributed by atoms with Crippen molar-refractivity contribution in [2.24, 2.45) is 0 Å². The average molecular weight is 419 g/mol. The molecule has 0 saturated heterocycles. The van der Waals surface area contributed by atoms with Gasteiger partial charge in [0.1, 0.15) is 11.6 Å². The highest BCUT2D eigenvalue weighted by Crippen LogP contribution is 2.25. The molecule has 158 valence electrons. The number of halogens is 1. The molecule has 1 unspecified atom stereocenters. The molecule has 0 aliphatic rings. The van der Waals surface area contributed by atoms with Crippen molar-refractivity contribution in [2.45, 2.75) is 26.3 Å². The second-order valence-corrected chi connectivity index (χ2v) is 7.26. The van der Waals surface area contributed by atoms with Gasteiger partial charge >= 0.3 is 0 Å². The lowest BCUT2D eigenvalue weighted by Gasteiger charge is -2.29. The van der Waals surface area contributed by atoms with Crippen molar-refractivity contribution >= 4 is 16.8 Å². The van der Waals surface area contributed by atoms with E-state index in [0.717, 1.165) is 0 Å². The molecule has 1 amide bonds. The van der Waals surface area contributed by atoms with Gasteiger partial charge in [-0.05, 0) is 61.9 Å². The lowest BCUT2D eigenvalue weighted by Crippen LogP contribution is -2.37. The Hall–Kier alpha value is -3.74. The summed E-state index contributed by atoms with van der Waals surface area (Å²) < 4.78 is 20.3. The van der Waals surface area contributed by atoms with Crippen LogP contribution in [0.25, 0.3) is 16.6 Å². The Morgan fingerprint density at radius 3 is 2.55 bits per heavy atom. The van der Waals surface area contributed by atoms with Crippen LogP contribution in [-0.2, 0) is 0 Å². The third-order valence-corrected chi connectivity index (χ3v) is 5.18. The van der Waals surface area contributed by atoms with Crippen molar-refractivity contribution in [1.29, 1.82) is 0 Å². The summed E-state index contributed by atoms with van der Waals surface area (Å²) in [5, 5.41) is 0.446. The van der Waals surface area contributed by atoms with Gasteiger partial charge in [0.15, 0.2) is 5.76 Å². The summed E-state index contributed by atoms with van der Waals surface area (Å²) >= 11 is 0. The number of carbonyl (C=O) groups is 1. The lowest BCUT2D eigenvalue weighted by atomic mass is 10.1. The van der Waals surface area contributed by atoms with Crippen molar-refractivity contribution in [1.82, 2.24) is 14.5 Å². The molecule has 0 radical (unpaired) electrons. The number of nitrogens with zero attached hydrogens (tertiary/aromatic N) is 3. The van der Waals surface area contributed by atoms with Gasteiger partial charge in [-0.25, -0.2) is 9.37 Å². The number of furan rings is 1. The van der Waals surface area contributed by atoms with Gasteiger partial charge in [-0.2, -0.15) is 0 Å². The molecule has 2 aromatic heterocycles. The fraction of sp³-hybridized carbons (Fsp3) is 0.208. The summed E-state index contributed by atoms with van der Waals surface area (Å²) in [5.74, 6) is -0.0754. The average Bonchev–Trinajstić information content (AvgIpc) is 3.32. The molecule has 2 aromatic carbocycles. The van der Waals surface area contributed by atoms with Crippen molar-refractivity contribution in [3.05, 3.63) is 94.7 Å². The van der Waals surface area contributed by atoms with Gasteiger partial charge in [-0.15, -0.1) is 0 Å². The van der Waals surface area contributed by atoms with E-state index in [1.54, 1.807) is 35.2 Å². The topological polar surface area (TPSA) is 68.3 Å². The van der Waals surface area contributed by atoms with Crippen LogP contribution < -0.4 is 5.56 Å². The number of para-hydroxylation sites is 1. The SMILES string of the molecule is CCCN(C(=O)c1ccco1)C(C)c1nc2ccccc2c(=O)n1-c1ccc(F)cc1. The van der Waals surface area contributed by atoms with Crippen LogP contribution in [0.2, 0.25) is 0 Å². The van der Waals surface area contributed by atoms with Gasteiger partial charge in [0, 0.05) is 6.54 Å². The van der Waals surface area contributed by atoms with Crippen LogP contribution in [0.15, 0.2) is 76.1 Å². The largest absolute Gasteiger partial charge is 0.459 e. The van der Waals surface area contributed by atoms with Crippen molar-refractivity contribution in [3.63, 3.8) is 0 Å². The zero-order valence-electron chi connectivity index (χ0n) is 17.3. The van der Waals surface area contributed by atoms with Crippen LogP contribution in [0.4, 0.5) is 4.39 Å². The summed E-state index contributed by atoms with van der Waals surface area (Å²) in [6.07, 6.45) is 2.16. The van der Waals surface area contributed by atoms with Gasteiger partial charge in [-0.1, -0.05) is 19.1 Å². The molecule has 7 heteroatoms. The first-order valence-electron chi connectivity index (χ1n) is 10.1. The van der Waals surface area contributed by atoms with Crippen LogP contribution >= 0.6 is 0 Å². The molecule has 0 aliphatic carbocycles. The molecule has 0 fully saturated rings. The van der Waals surface area contributed by atoms with Crippen molar-refractivity contribution in [3.8, 4) is 5.69 Å². The first kappa shape index (κ1) is 20.5. The minimum absolute atomic E-state index is 0.219. The van der Waals surface area contributed by atoms with Crippen LogP contribution in [0, 0.1) is 5.82 Å². The fourth-order valence-corrected chi connectivity index (χ4v) is 3.66. The number of amides is 1. The molecular formula is C24H22FN3O3.